The van der Waals surface area contributed by atoms with Gasteiger partial charge in [0.05, 0.1) is 23.0 Å². The van der Waals surface area contributed by atoms with Crippen molar-refractivity contribution in [3.05, 3.63) is 78.2 Å². The lowest BCUT2D eigenvalue weighted by atomic mass is 9.98. The summed E-state index contributed by atoms with van der Waals surface area (Å²) >= 11 is 0. The highest BCUT2D eigenvalue weighted by atomic mass is 16.4. The first-order valence-corrected chi connectivity index (χ1v) is 9.97. The lowest BCUT2D eigenvalue weighted by molar-refractivity contribution is -0.660. The van der Waals surface area contributed by atoms with Gasteiger partial charge in [0.15, 0.2) is 17.4 Å². The SMILES string of the molecule is Cc1ccc2c(oc3c(-c4cc5occc5o4)c(C#N)ccc32)c1-c1cccc[n+]1C. The maximum Gasteiger partial charge on any atom is 0.216 e. The van der Waals surface area contributed by atoms with Crippen LogP contribution in [0.5, 0.6) is 0 Å². The largest absolute Gasteiger partial charge is 0.461 e. The molecule has 0 spiro atoms. The van der Waals surface area contributed by atoms with E-state index >= 15 is 0 Å². The standard InChI is InChI=1S/C26H17N2O3/c1-15-6-8-17-18-9-7-16(14-27)24(22-13-21-20(30-22)10-12-29-21)26(18)31-25(17)23(15)19-5-3-4-11-28(19)2/h3-13H,1-2H3/q+1. The number of hydrogen-bond acceptors (Lipinski definition) is 4. The Bertz CT molecular complexity index is 1650. The van der Waals surface area contributed by atoms with E-state index in [2.05, 4.69) is 35.8 Å². The number of nitriles is 1. The molecule has 5 nitrogen and oxygen atoms in total. The Morgan fingerprint density at radius 2 is 1.68 bits per heavy atom. The van der Waals surface area contributed by atoms with E-state index in [1.807, 2.05) is 43.6 Å². The van der Waals surface area contributed by atoms with Gasteiger partial charge in [-0.1, -0.05) is 12.1 Å². The summed E-state index contributed by atoms with van der Waals surface area (Å²) in [4.78, 5) is 0. The van der Waals surface area contributed by atoms with Crippen LogP contribution in [0.15, 0.2) is 80.3 Å². The Morgan fingerprint density at radius 3 is 2.45 bits per heavy atom. The number of benzene rings is 2. The molecule has 4 heterocycles. The number of pyridine rings is 1. The third-order valence-corrected chi connectivity index (χ3v) is 5.84. The number of hydrogen-bond donors (Lipinski definition) is 0. The summed E-state index contributed by atoms with van der Waals surface area (Å²) in [6.07, 6.45) is 3.60. The molecule has 0 aliphatic heterocycles. The third-order valence-electron chi connectivity index (χ3n) is 5.84. The molecule has 0 unspecified atom stereocenters. The van der Waals surface area contributed by atoms with Crippen molar-refractivity contribution in [2.75, 3.05) is 0 Å². The van der Waals surface area contributed by atoms with E-state index in [0.717, 1.165) is 33.2 Å². The molecule has 6 aromatic rings. The summed E-state index contributed by atoms with van der Waals surface area (Å²) in [5.74, 6) is 0.555. The number of aromatic nitrogens is 1. The van der Waals surface area contributed by atoms with E-state index in [1.54, 1.807) is 12.3 Å². The first-order chi connectivity index (χ1) is 15.2. The van der Waals surface area contributed by atoms with Crippen LogP contribution in [0.25, 0.3) is 55.7 Å². The van der Waals surface area contributed by atoms with Crippen LogP contribution in [0.2, 0.25) is 0 Å². The van der Waals surface area contributed by atoms with Gasteiger partial charge < -0.3 is 13.3 Å². The van der Waals surface area contributed by atoms with Crippen LogP contribution in [0, 0.1) is 18.3 Å². The van der Waals surface area contributed by atoms with Gasteiger partial charge in [-0.05, 0) is 30.7 Å². The fraction of sp³-hybridized carbons (Fsp3) is 0.0769. The van der Waals surface area contributed by atoms with Crippen molar-refractivity contribution >= 4 is 33.1 Å². The molecule has 5 heteroatoms. The number of aryl methyl sites for hydroxylation is 2. The second kappa shape index (κ2) is 6.35. The Kier molecular flexibility index (Phi) is 3.59. The Morgan fingerprint density at radius 1 is 0.871 bits per heavy atom. The van der Waals surface area contributed by atoms with E-state index in [1.165, 1.54) is 0 Å². The van der Waals surface area contributed by atoms with E-state index in [-0.39, 0.29) is 0 Å². The topological polar surface area (TPSA) is 67.1 Å². The Labute approximate surface area is 177 Å². The summed E-state index contributed by atoms with van der Waals surface area (Å²) in [6.45, 7) is 2.08. The number of nitrogens with zero attached hydrogens (tertiary/aromatic N) is 2. The van der Waals surface area contributed by atoms with E-state index in [4.69, 9.17) is 13.3 Å². The van der Waals surface area contributed by atoms with Gasteiger partial charge in [0, 0.05) is 35.0 Å². The quantitative estimate of drug-likeness (QED) is 0.319. The minimum atomic E-state index is 0.492. The summed E-state index contributed by atoms with van der Waals surface area (Å²) in [5.41, 5.74) is 7.05. The van der Waals surface area contributed by atoms with Crippen LogP contribution in [0.4, 0.5) is 0 Å². The second-order valence-corrected chi connectivity index (χ2v) is 7.67. The molecule has 0 aliphatic rings. The number of furan rings is 3. The minimum Gasteiger partial charge on any atom is -0.461 e. The first kappa shape index (κ1) is 17.5. The van der Waals surface area contributed by atoms with Crippen LogP contribution in [-0.2, 0) is 7.05 Å². The molecule has 0 N–H and O–H groups in total. The second-order valence-electron chi connectivity index (χ2n) is 7.67. The lowest BCUT2D eigenvalue weighted by Gasteiger charge is -2.04. The zero-order valence-electron chi connectivity index (χ0n) is 17.0. The summed E-state index contributed by atoms with van der Waals surface area (Å²) in [6, 6.07) is 19.9. The lowest BCUT2D eigenvalue weighted by Crippen LogP contribution is -2.30. The van der Waals surface area contributed by atoms with Gasteiger partial charge in [-0.25, -0.2) is 4.57 Å². The molecule has 0 amide bonds. The highest BCUT2D eigenvalue weighted by Crippen LogP contribution is 2.42. The van der Waals surface area contributed by atoms with Crippen molar-refractivity contribution in [2.45, 2.75) is 6.92 Å². The van der Waals surface area contributed by atoms with Gasteiger partial charge in [0.25, 0.3) is 0 Å². The van der Waals surface area contributed by atoms with Crippen molar-refractivity contribution in [2.24, 2.45) is 7.05 Å². The fourth-order valence-corrected chi connectivity index (χ4v) is 4.33. The molecule has 4 aromatic heterocycles. The Hall–Kier alpha value is -4.30. The average Bonchev–Trinajstić information content (AvgIpc) is 3.46. The van der Waals surface area contributed by atoms with Crippen molar-refractivity contribution in [3.63, 3.8) is 0 Å². The summed E-state index contributed by atoms with van der Waals surface area (Å²) < 4.78 is 20.0. The molecule has 0 saturated carbocycles. The van der Waals surface area contributed by atoms with Crippen molar-refractivity contribution < 1.29 is 17.8 Å². The van der Waals surface area contributed by atoms with Crippen LogP contribution in [0.1, 0.15) is 11.1 Å². The molecular weight excluding hydrogens is 388 g/mol. The maximum atomic E-state index is 9.79. The molecule has 0 atom stereocenters. The van der Waals surface area contributed by atoms with Crippen molar-refractivity contribution in [1.29, 1.82) is 5.26 Å². The average molecular weight is 405 g/mol. The molecular formula is C26H17N2O3+. The molecule has 0 saturated heterocycles. The minimum absolute atomic E-state index is 0.492. The van der Waals surface area contributed by atoms with Crippen LogP contribution in [-0.4, -0.2) is 0 Å². The summed E-state index contributed by atoms with van der Waals surface area (Å²) in [5, 5.41) is 11.7. The molecule has 0 radical (unpaired) electrons. The highest BCUT2D eigenvalue weighted by Gasteiger charge is 2.24. The van der Waals surface area contributed by atoms with Crippen LogP contribution in [0.3, 0.4) is 0 Å². The molecule has 0 bridgehead atoms. The monoisotopic (exact) mass is 405 g/mol. The van der Waals surface area contributed by atoms with Crippen molar-refractivity contribution in [3.8, 4) is 28.7 Å². The number of rotatable bonds is 2. The summed E-state index contributed by atoms with van der Waals surface area (Å²) in [7, 11) is 2.02. The Balaban J connectivity index is 1.74. The maximum absolute atomic E-state index is 9.79. The molecule has 6 rings (SSSR count). The first-order valence-electron chi connectivity index (χ1n) is 9.97. The van der Waals surface area contributed by atoms with Crippen molar-refractivity contribution in [1.82, 2.24) is 0 Å². The van der Waals surface area contributed by atoms with Crippen LogP contribution < -0.4 is 4.57 Å². The van der Waals surface area contributed by atoms with Gasteiger partial charge in [-0.15, -0.1) is 0 Å². The van der Waals surface area contributed by atoms with Gasteiger partial charge >= 0.3 is 0 Å². The van der Waals surface area contributed by atoms with E-state index in [9.17, 15) is 5.26 Å². The van der Waals surface area contributed by atoms with E-state index < -0.39 is 0 Å². The predicted molar refractivity (Wildman–Crippen MR) is 117 cm³/mol. The zero-order valence-corrected chi connectivity index (χ0v) is 17.0. The fourth-order valence-electron chi connectivity index (χ4n) is 4.33. The molecule has 2 aromatic carbocycles. The molecule has 148 valence electrons. The van der Waals surface area contributed by atoms with Gasteiger partial charge in [-0.2, -0.15) is 5.26 Å². The van der Waals surface area contributed by atoms with Crippen LogP contribution >= 0.6 is 0 Å². The highest BCUT2D eigenvalue weighted by molar-refractivity contribution is 6.13. The molecule has 0 aliphatic carbocycles. The van der Waals surface area contributed by atoms with E-state index in [0.29, 0.717) is 33.6 Å². The van der Waals surface area contributed by atoms with Gasteiger partial charge in [0.1, 0.15) is 30.0 Å². The molecule has 31 heavy (non-hydrogen) atoms. The number of fused-ring (bicyclic) bond motifs is 4. The normalized spacial score (nSPS) is 11.5. The smallest absolute Gasteiger partial charge is 0.216 e. The van der Waals surface area contributed by atoms with Gasteiger partial charge in [0.2, 0.25) is 5.69 Å². The third kappa shape index (κ3) is 2.45. The van der Waals surface area contributed by atoms with Gasteiger partial charge in [-0.3, -0.25) is 0 Å². The molecule has 0 fully saturated rings. The zero-order chi connectivity index (χ0) is 21.1. The predicted octanol–water partition coefficient (Wildman–Crippen LogP) is 6.26.